The third-order valence-corrected chi connectivity index (χ3v) is 8.46. The number of anilines is 2. The van der Waals surface area contributed by atoms with Gasteiger partial charge in [0.25, 0.3) is 0 Å². The molecule has 12 nitrogen and oxygen atoms in total. The van der Waals surface area contributed by atoms with Crippen LogP contribution in [0.1, 0.15) is 22.3 Å². The van der Waals surface area contributed by atoms with E-state index in [0.29, 0.717) is 11.3 Å². The summed E-state index contributed by atoms with van der Waals surface area (Å²) in [5.74, 6) is -8.60. The van der Waals surface area contributed by atoms with Crippen LogP contribution in [0.3, 0.4) is 0 Å². The van der Waals surface area contributed by atoms with Gasteiger partial charge in [0, 0.05) is 37.3 Å². The van der Waals surface area contributed by atoms with Gasteiger partial charge in [-0.1, -0.05) is 15.9 Å². The molecule has 0 aliphatic heterocycles. The van der Waals surface area contributed by atoms with E-state index in [4.69, 9.17) is 5.73 Å². The van der Waals surface area contributed by atoms with Crippen LogP contribution < -0.4 is 16.0 Å². The Morgan fingerprint density at radius 1 is 1.21 bits per heavy atom. The van der Waals surface area contributed by atoms with E-state index >= 15 is 0 Å². The highest BCUT2D eigenvalue weighted by molar-refractivity contribution is 9.09. The minimum absolute atomic E-state index is 0.0190. The van der Waals surface area contributed by atoms with E-state index in [1.165, 1.54) is 0 Å². The molecule has 13 heteroatoms. The van der Waals surface area contributed by atoms with Gasteiger partial charge >= 0.3 is 0 Å². The zero-order valence-corrected chi connectivity index (χ0v) is 22.9. The van der Waals surface area contributed by atoms with Gasteiger partial charge in [-0.15, -0.1) is 0 Å². The number of allylic oxidation sites excluding steroid dienone is 1. The molecule has 0 heterocycles. The average molecular weight is 595 g/mol. The zero-order valence-electron chi connectivity index (χ0n) is 21.4. The van der Waals surface area contributed by atoms with Gasteiger partial charge < -0.3 is 41.3 Å². The Hall–Kier alpha value is -3.00. The van der Waals surface area contributed by atoms with Crippen LogP contribution in [0.5, 0.6) is 5.75 Å². The van der Waals surface area contributed by atoms with Crippen molar-refractivity contribution < 1.29 is 39.6 Å². The summed E-state index contributed by atoms with van der Waals surface area (Å²) in [6, 6.07) is 0.600. The molecule has 0 spiro atoms. The number of alkyl halides is 1. The minimum atomic E-state index is -2.66. The molecule has 38 heavy (non-hydrogen) atoms. The van der Waals surface area contributed by atoms with Crippen LogP contribution in [-0.2, 0) is 20.8 Å². The molecule has 3 aliphatic carbocycles. The van der Waals surface area contributed by atoms with Crippen LogP contribution in [0.25, 0.3) is 0 Å². The fraction of sp³-hybridized carbons (Fsp3) is 0.520. The molecule has 4 unspecified atom stereocenters. The van der Waals surface area contributed by atoms with E-state index in [0.717, 1.165) is 0 Å². The molecule has 1 aromatic rings. The number of halogens is 1. The summed E-state index contributed by atoms with van der Waals surface area (Å²) in [5.41, 5.74) is 3.32. The molecule has 4 rings (SSSR count). The Morgan fingerprint density at radius 3 is 2.37 bits per heavy atom. The summed E-state index contributed by atoms with van der Waals surface area (Å²) in [4.78, 5) is 54.7. The van der Waals surface area contributed by atoms with Crippen molar-refractivity contribution in [2.24, 2.45) is 23.5 Å². The monoisotopic (exact) mass is 594 g/mol. The van der Waals surface area contributed by atoms with Crippen molar-refractivity contribution in [2.75, 3.05) is 43.7 Å². The Labute approximate surface area is 227 Å². The molecule has 0 aromatic heterocycles. The summed E-state index contributed by atoms with van der Waals surface area (Å²) < 4.78 is 0. The number of fused-ring (bicyclic) bond motifs is 3. The van der Waals surface area contributed by atoms with Gasteiger partial charge in [-0.3, -0.25) is 19.2 Å². The number of Topliss-reactive ketones (excluding diaryl/α,β-unsaturated/α-hetero) is 2. The van der Waals surface area contributed by atoms with Crippen LogP contribution >= 0.6 is 15.9 Å². The molecule has 1 aromatic carbocycles. The quantitative estimate of drug-likeness (QED) is 0.149. The van der Waals surface area contributed by atoms with Gasteiger partial charge in [0.2, 0.25) is 11.8 Å². The normalized spacial score (nSPS) is 30.5. The van der Waals surface area contributed by atoms with Crippen molar-refractivity contribution in [2.45, 2.75) is 30.6 Å². The lowest BCUT2D eigenvalue weighted by Crippen LogP contribution is -2.71. The fourth-order valence-electron chi connectivity index (χ4n) is 6.33. The van der Waals surface area contributed by atoms with Crippen molar-refractivity contribution >= 4 is 50.7 Å². The number of aromatic hydroxyl groups is 1. The Morgan fingerprint density at radius 2 is 1.84 bits per heavy atom. The fourth-order valence-corrected chi connectivity index (χ4v) is 6.47. The summed E-state index contributed by atoms with van der Waals surface area (Å²) in [7, 11) is 6.67. The third-order valence-electron chi connectivity index (χ3n) is 7.95. The first-order chi connectivity index (χ1) is 17.7. The molecule has 206 valence electrons. The predicted octanol–water partition coefficient (Wildman–Crippen LogP) is -0.315. The van der Waals surface area contributed by atoms with E-state index in [2.05, 4.69) is 21.2 Å². The number of phenols is 1. The van der Waals surface area contributed by atoms with Gasteiger partial charge in [-0.2, -0.15) is 0 Å². The Balaban J connectivity index is 1.95. The lowest BCUT2D eigenvalue weighted by Gasteiger charge is -2.53. The van der Waals surface area contributed by atoms with Crippen LogP contribution in [0.15, 0.2) is 17.4 Å². The smallest absolute Gasteiger partial charge is 0.235 e. The topological polar surface area (TPSA) is 194 Å². The molecule has 0 bridgehead atoms. The second-order valence-corrected chi connectivity index (χ2v) is 11.1. The number of aliphatic hydroxyl groups is 3. The standard InChI is InChI=1S/C25H31BrN4O8/c1-29(2)13-7-12(28-14(31)8-26)19(32)16-10(13)5-9-6-11-18(30(3)4)21(34)17(24(27)37)23(36)25(11,38)22(35)15(9)20(16)33/h7,9,11,17-18,21,32,34-35,38H,5-6,8H2,1-4H3,(H2,27,37)(H,28,31)/t9?,11?,17?,18-,21?,25-/m0/s1. The number of benzene rings is 1. The van der Waals surface area contributed by atoms with Gasteiger partial charge in [-0.05, 0) is 44.5 Å². The number of hydrogen-bond acceptors (Lipinski definition) is 10. The second kappa shape index (κ2) is 9.63. The van der Waals surface area contributed by atoms with Crippen LogP contribution in [0.2, 0.25) is 0 Å². The number of nitrogens with two attached hydrogens (primary N) is 1. The largest absolute Gasteiger partial charge is 0.508 e. The molecule has 7 N–H and O–H groups in total. The zero-order chi connectivity index (χ0) is 28.4. The third kappa shape index (κ3) is 3.91. The van der Waals surface area contributed by atoms with Crippen molar-refractivity contribution in [3.63, 3.8) is 0 Å². The Kier molecular flexibility index (Phi) is 7.10. The average Bonchev–Trinajstić information content (AvgIpc) is 2.82. The molecular formula is C25H31BrN4O8. The summed E-state index contributed by atoms with van der Waals surface area (Å²) in [6.07, 6.45) is -1.36. The number of carbonyl (C=O) groups is 4. The summed E-state index contributed by atoms with van der Waals surface area (Å²) >= 11 is 3.04. The number of nitrogens with zero attached hydrogens (tertiary/aromatic N) is 2. The molecule has 1 saturated carbocycles. The number of primary amides is 1. The van der Waals surface area contributed by atoms with Crippen LogP contribution in [0.4, 0.5) is 11.4 Å². The van der Waals surface area contributed by atoms with Crippen molar-refractivity contribution in [3.05, 3.63) is 28.5 Å². The van der Waals surface area contributed by atoms with Crippen LogP contribution in [0, 0.1) is 17.8 Å². The molecule has 6 atom stereocenters. The molecule has 0 radical (unpaired) electrons. The highest BCUT2D eigenvalue weighted by Crippen LogP contribution is 2.54. The van der Waals surface area contributed by atoms with E-state index in [1.807, 2.05) is 0 Å². The first-order valence-corrected chi connectivity index (χ1v) is 13.1. The van der Waals surface area contributed by atoms with Gasteiger partial charge in [0.1, 0.15) is 11.7 Å². The highest BCUT2D eigenvalue weighted by Gasteiger charge is 2.66. The number of ketones is 2. The van der Waals surface area contributed by atoms with E-state index in [9.17, 15) is 39.6 Å². The number of aliphatic hydroxyl groups excluding tert-OH is 2. The SMILES string of the molecule is CN(C)c1cc(NC(=O)CBr)c(O)c2c1CC1CC3[C@H](N(C)C)C(O)C(C(N)=O)C(=O)[C@@]3(O)C(O)=C1C2=O. The lowest BCUT2D eigenvalue weighted by atomic mass is 9.56. The van der Waals surface area contributed by atoms with Crippen molar-refractivity contribution in [1.82, 2.24) is 4.90 Å². The number of phenolic OH excluding ortho intramolecular Hbond substituents is 1. The Bertz CT molecular complexity index is 1280. The van der Waals surface area contributed by atoms with Crippen LogP contribution in [-0.4, -0.2) is 100.0 Å². The predicted molar refractivity (Wildman–Crippen MR) is 140 cm³/mol. The first kappa shape index (κ1) is 28.0. The first-order valence-electron chi connectivity index (χ1n) is 12.0. The summed E-state index contributed by atoms with van der Waals surface area (Å²) in [6.45, 7) is 0. The highest BCUT2D eigenvalue weighted by atomic mass is 79.9. The number of carbonyl (C=O) groups excluding carboxylic acids is 4. The van der Waals surface area contributed by atoms with Gasteiger partial charge in [-0.25, -0.2) is 0 Å². The van der Waals surface area contributed by atoms with E-state index < -0.39 is 70.4 Å². The lowest BCUT2D eigenvalue weighted by molar-refractivity contribution is -0.178. The number of rotatable bonds is 5. The van der Waals surface area contributed by atoms with Gasteiger partial charge in [0.15, 0.2) is 22.9 Å². The van der Waals surface area contributed by atoms with E-state index in [-0.39, 0.29) is 35.0 Å². The summed E-state index contributed by atoms with van der Waals surface area (Å²) in [5, 5.41) is 47.6. The second-order valence-electron chi connectivity index (χ2n) is 10.5. The molecule has 1 fully saturated rings. The van der Waals surface area contributed by atoms with Gasteiger partial charge in [0.05, 0.1) is 22.7 Å². The number of likely N-dealkylation sites (N-methyl/N-ethyl adjacent to an activating group) is 1. The molecule has 3 aliphatic rings. The van der Waals surface area contributed by atoms with Crippen molar-refractivity contribution in [1.29, 1.82) is 0 Å². The number of nitrogens with one attached hydrogen (secondary N) is 1. The maximum Gasteiger partial charge on any atom is 0.235 e. The maximum atomic E-state index is 13.9. The van der Waals surface area contributed by atoms with E-state index in [1.54, 1.807) is 44.1 Å². The molecular weight excluding hydrogens is 564 g/mol. The van der Waals surface area contributed by atoms with Crippen molar-refractivity contribution in [3.8, 4) is 5.75 Å². The number of amides is 2. The maximum absolute atomic E-state index is 13.9. The minimum Gasteiger partial charge on any atom is -0.508 e. The molecule has 0 saturated heterocycles. The number of hydrogen-bond donors (Lipinski definition) is 6. The molecule has 2 amide bonds.